The van der Waals surface area contributed by atoms with Crippen LogP contribution in [-0.4, -0.2) is 18.2 Å². The summed E-state index contributed by atoms with van der Waals surface area (Å²) in [6.07, 6.45) is 0. The third-order valence-corrected chi connectivity index (χ3v) is 2.49. The summed E-state index contributed by atoms with van der Waals surface area (Å²) in [6, 6.07) is 3.65. The summed E-state index contributed by atoms with van der Waals surface area (Å²) in [5.41, 5.74) is 6.10. The first kappa shape index (κ1) is 11.0. The lowest BCUT2D eigenvalue weighted by atomic mass is 10.1. The maximum atomic E-state index is 11.1. The van der Waals surface area contributed by atoms with Gasteiger partial charge in [-0.05, 0) is 23.8 Å². The molecule has 5 heteroatoms. The van der Waals surface area contributed by atoms with Gasteiger partial charge in [0.25, 0.3) is 0 Å². The van der Waals surface area contributed by atoms with E-state index in [4.69, 9.17) is 5.73 Å². The number of rotatable bonds is 2. The first-order chi connectivity index (χ1) is 6.56. The molecular weight excluding hydrogens is 250 g/mol. The average molecular weight is 260 g/mol. The number of hydrogen-bond donors (Lipinski definition) is 2. The molecule has 0 heterocycles. The summed E-state index contributed by atoms with van der Waals surface area (Å²) in [5.74, 6) is -0.487. The van der Waals surface area contributed by atoms with Crippen molar-refractivity contribution in [1.29, 1.82) is 0 Å². The van der Waals surface area contributed by atoms with Crippen LogP contribution >= 0.6 is 15.9 Å². The van der Waals surface area contributed by atoms with Crippen LogP contribution in [0.2, 0.25) is 0 Å². The fourth-order valence-electron chi connectivity index (χ4n) is 1.02. The van der Waals surface area contributed by atoms with Gasteiger partial charge in [0.1, 0.15) is 11.8 Å². The minimum absolute atomic E-state index is 0.0579. The van der Waals surface area contributed by atoms with E-state index in [1.807, 2.05) is 0 Å². The van der Waals surface area contributed by atoms with Crippen LogP contribution in [0.25, 0.3) is 0 Å². The highest BCUT2D eigenvalue weighted by Crippen LogP contribution is 2.26. The Kier molecular flexibility index (Phi) is 3.49. The van der Waals surface area contributed by atoms with Crippen LogP contribution in [0.4, 0.5) is 0 Å². The molecule has 4 nitrogen and oxygen atoms in total. The predicted molar refractivity (Wildman–Crippen MR) is 54.8 cm³/mol. The second-order valence-electron chi connectivity index (χ2n) is 2.71. The summed E-state index contributed by atoms with van der Waals surface area (Å²) < 4.78 is 5.16. The fourth-order valence-corrected chi connectivity index (χ4v) is 1.52. The van der Waals surface area contributed by atoms with Gasteiger partial charge in [0.05, 0.1) is 7.11 Å². The maximum absolute atomic E-state index is 11.1. The summed E-state index contributed by atoms with van der Waals surface area (Å²) in [4.78, 5) is 11.1. The Balaban J connectivity index is 3.05. The van der Waals surface area contributed by atoms with E-state index >= 15 is 0 Å². The topological polar surface area (TPSA) is 72.5 Å². The van der Waals surface area contributed by atoms with E-state index in [0.29, 0.717) is 10.0 Å². The first-order valence-corrected chi connectivity index (χ1v) is 4.67. The van der Waals surface area contributed by atoms with Crippen molar-refractivity contribution in [2.45, 2.75) is 6.04 Å². The number of phenolic OH excluding ortho intramolecular Hbond substituents is 1. The molecule has 14 heavy (non-hydrogen) atoms. The lowest BCUT2D eigenvalue weighted by Gasteiger charge is -2.11. The number of methoxy groups -OCH3 is 1. The van der Waals surface area contributed by atoms with E-state index in [0.717, 1.165) is 0 Å². The third-order valence-electron chi connectivity index (χ3n) is 1.77. The molecule has 1 aromatic rings. The van der Waals surface area contributed by atoms with Crippen molar-refractivity contribution in [3.63, 3.8) is 0 Å². The zero-order valence-electron chi connectivity index (χ0n) is 7.53. The first-order valence-electron chi connectivity index (χ1n) is 3.88. The van der Waals surface area contributed by atoms with Crippen LogP contribution in [0.5, 0.6) is 5.75 Å². The molecule has 0 saturated heterocycles. The lowest BCUT2D eigenvalue weighted by Crippen LogP contribution is -2.22. The zero-order chi connectivity index (χ0) is 10.7. The summed E-state index contributed by atoms with van der Waals surface area (Å²) in [5, 5.41) is 9.21. The smallest absolute Gasteiger partial charge is 0.327 e. The Morgan fingerprint density at radius 3 is 2.86 bits per heavy atom. The van der Waals surface area contributed by atoms with Crippen LogP contribution in [0.1, 0.15) is 11.6 Å². The summed E-state index contributed by atoms with van der Waals surface area (Å²) in [6.45, 7) is 0. The predicted octanol–water partition coefficient (Wildman–Crippen LogP) is 1.33. The minimum atomic E-state index is -0.888. The van der Waals surface area contributed by atoms with Gasteiger partial charge >= 0.3 is 5.97 Å². The van der Waals surface area contributed by atoms with Crippen LogP contribution in [0.3, 0.4) is 0 Å². The number of benzene rings is 1. The monoisotopic (exact) mass is 259 g/mol. The maximum Gasteiger partial charge on any atom is 0.327 e. The Hall–Kier alpha value is -1.07. The number of esters is 1. The lowest BCUT2D eigenvalue weighted by molar-refractivity contribution is -0.142. The van der Waals surface area contributed by atoms with Gasteiger partial charge < -0.3 is 15.6 Å². The van der Waals surface area contributed by atoms with Crippen molar-refractivity contribution in [1.82, 2.24) is 0 Å². The second-order valence-corrected chi connectivity index (χ2v) is 3.56. The van der Waals surface area contributed by atoms with Gasteiger partial charge in [0.2, 0.25) is 0 Å². The molecule has 3 N–H and O–H groups in total. The van der Waals surface area contributed by atoms with E-state index in [9.17, 15) is 9.90 Å². The second kappa shape index (κ2) is 4.43. The molecule has 1 unspecified atom stereocenters. The van der Waals surface area contributed by atoms with E-state index in [1.54, 1.807) is 6.07 Å². The highest BCUT2D eigenvalue weighted by Gasteiger charge is 2.19. The van der Waals surface area contributed by atoms with Gasteiger partial charge in [-0.15, -0.1) is 0 Å². The third kappa shape index (κ3) is 2.24. The van der Waals surface area contributed by atoms with E-state index in [1.165, 1.54) is 19.2 Å². The Morgan fingerprint density at radius 2 is 2.29 bits per heavy atom. The van der Waals surface area contributed by atoms with E-state index in [2.05, 4.69) is 20.7 Å². The molecule has 0 aliphatic heterocycles. The van der Waals surface area contributed by atoms with Crippen molar-refractivity contribution in [2.24, 2.45) is 5.73 Å². The molecular formula is C9H10BrNO3. The Morgan fingerprint density at radius 1 is 1.64 bits per heavy atom. The molecule has 0 aliphatic rings. The van der Waals surface area contributed by atoms with Crippen LogP contribution in [0.15, 0.2) is 22.7 Å². The highest BCUT2D eigenvalue weighted by molar-refractivity contribution is 9.10. The quantitative estimate of drug-likeness (QED) is 0.787. The molecule has 1 rings (SSSR count). The van der Waals surface area contributed by atoms with Crippen molar-refractivity contribution in [2.75, 3.05) is 7.11 Å². The summed E-state index contributed by atoms with van der Waals surface area (Å²) >= 11 is 3.23. The molecule has 0 spiro atoms. The molecule has 1 aromatic carbocycles. The molecule has 76 valence electrons. The molecule has 0 saturated carbocycles. The van der Waals surface area contributed by atoms with E-state index in [-0.39, 0.29) is 5.75 Å². The van der Waals surface area contributed by atoms with Crippen molar-refractivity contribution >= 4 is 21.9 Å². The van der Waals surface area contributed by atoms with E-state index < -0.39 is 12.0 Å². The van der Waals surface area contributed by atoms with Crippen molar-refractivity contribution < 1.29 is 14.6 Å². The van der Waals surface area contributed by atoms with Crippen molar-refractivity contribution in [3.05, 3.63) is 28.2 Å². The SMILES string of the molecule is COC(=O)C(N)c1cc(O)ccc1Br. The van der Waals surface area contributed by atoms with Gasteiger partial charge in [-0.25, -0.2) is 0 Å². The zero-order valence-corrected chi connectivity index (χ0v) is 9.11. The molecule has 0 radical (unpaired) electrons. The van der Waals surface area contributed by atoms with Crippen molar-refractivity contribution in [3.8, 4) is 5.75 Å². The average Bonchev–Trinajstić information content (AvgIpc) is 2.19. The van der Waals surface area contributed by atoms with Gasteiger partial charge in [-0.2, -0.15) is 0 Å². The number of aromatic hydroxyl groups is 1. The molecule has 0 aliphatic carbocycles. The molecule has 0 amide bonds. The number of hydrogen-bond acceptors (Lipinski definition) is 4. The Bertz CT molecular complexity index is 354. The Labute approximate surface area is 89.8 Å². The van der Waals surface area contributed by atoms with Gasteiger partial charge in [-0.3, -0.25) is 4.79 Å². The highest BCUT2D eigenvalue weighted by atomic mass is 79.9. The number of phenols is 1. The number of nitrogens with two attached hydrogens (primary N) is 1. The van der Waals surface area contributed by atoms with Gasteiger partial charge in [0.15, 0.2) is 0 Å². The number of carbonyl (C=O) groups is 1. The number of ether oxygens (including phenoxy) is 1. The normalized spacial score (nSPS) is 12.2. The van der Waals surface area contributed by atoms with Gasteiger partial charge in [-0.1, -0.05) is 15.9 Å². The summed E-state index contributed by atoms with van der Waals surface area (Å²) in [7, 11) is 1.26. The van der Waals surface area contributed by atoms with Crippen LogP contribution in [0, 0.1) is 0 Å². The fraction of sp³-hybridized carbons (Fsp3) is 0.222. The standard InChI is InChI=1S/C9H10BrNO3/c1-14-9(13)8(11)6-4-5(12)2-3-7(6)10/h2-4,8,12H,11H2,1H3. The molecule has 0 fully saturated rings. The van der Waals surface area contributed by atoms with Crippen LogP contribution < -0.4 is 5.73 Å². The van der Waals surface area contributed by atoms with Crippen LogP contribution in [-0.2, 0) is 9.53 Å². The minimum Gasteiger partial charge on any atom is -0.508 e. The molecule has 0 aromatic heterocycles. The largest absolute Gasteiger partial charge is 0.508 e. The molecule has 1 atom stereocenters. The molecule has 0 bridgehead atoms. The number of carbonyl (C=O) groups excluding carboxylic acids is 1. The van der Waals surface area contributed by atoms with Gasteiger partial charge in [0, 0.05) is 4.47 Å². The number of halogens is 1.